The molecule has 0 N–H and O–H groups in total. The van der Waals surface area contributed by atoms with Crippen LogP contribution < -0.4 is 0 Å². The zero-order valence-corrected chi connectivity index (χ0v) is 14.4. The quantitative estimate of drug-likeness (QED) is 0.603. The fourth-order valence-corrected chi connectivity index (χ4v) is 3.75. The first-order valence-corrected chi connectivity index (χ1v) is 7.67. The zero-order chi connectivity index (χ0) is 13.3. The maximum Gasteiger partial charge on any atom is 0.105 e. The van der Waals surface area contributed by atoms with Crippen LogP contribution in [0.4, 0.5) is 0 Å². The van der Waals surface area contributed by atoms with Gasteiger partial charge in [0.15, 0.2) is 0 Å². The predicted molar refractivity (Wildman–Crippen MR) is 82.8 cm³/mol. The molecule has 6 heteroatoms. The maximum atomic E-state index is 9.08. The van der Waals surface area contributed by atoms with Crippen molar-refractivity contribution in [2.75, 3.05) is 0 Å². The summed E-state index contributed by atoms with van der Waals surface area (Å²) in [5.41, 5.74) is 1.68. The first-order chi connectivity index (χ1) is 8.54. The zero-order valence-electron chi connectivity index (χ0n) is 8.92. The van der Waals surface area contributed by atoms with Crippen LogP contribution in [0.3, 0.4) is 0 Å². The van der Waals surface area contributed by atoms with E-state index in [4.69, 9.17) is 16.9 Å². The molecule has 1 aromatic heterocycles. The van der Waals surface area contributed by atoms with E-state index in [0.29, 0.717) is 17.1 Å². The fraction of sp³-hybridized carbons (Fsp3) is 0.0833. The van der Waals surface area contributed by atoms with E-state index >= 15 is 0 Å². The first kappa shape index (κ1) is 14.1. The number of nitriles is 1. The molecule has 0 aliphatic rings. The van der Waals surface area contributed by atoms with Crippen LogP contribution in [0.25, 0.3) is 0 Å². The Kier molecular flexibility index (Phi) is 4.54. The minimum Gasteiger partial charge on any atom is -0.323 e. The van der Waals surface area contributed by atoms with Crippen molar-refractivity contribution in [1.82, 2.24) is 4.57 Å². The predicted octanol–water partition coefficient (Wildman–Crippen LogP) is 5.35. The molecule has 1 aromatic carbocycles. The Morgan fingerprint density at radius 3 is 2.22 bits per heavy atom. The number of rotatable bonds is 2. The summed E-state index contributed by atoms with van der Waals surface area (Å²) in [5.74, 6) is 0. The fourth-order valence-electron chi connectivity index (χ4n) is 1.54. The van der Waals surface area contributed by atoms with E-state index in [2.05, 4.69) is 53.9 Å². The molecule has 0 unspecified atom stereocenters. The Morgan fingerprint density at radius 2 is 1.72 bits per heavy atom. The molecule has 0 amide bonds. The van der Waals surface area contributed by atoms with Crippen LogP contribution in [0.1, 0.15) is 11.1 Å². The minimum atomic E-state index is 0.579. The molecule has 92 valence electrons. The van der Waals surface area contributed by atoms with Crippen molar-refractivity contribution in [2.45, 2.75) is 6.54 Å². The monoisotopic (exact) mass is 450 g/mol. The number of benzene rings is 1. The molecular formula is C12H6Br3ClN2. The van der Waals surface area contributed by atoms with Gasteiger partial charge in [-0.05, 0) is 65.5 Å². The Balaban J connectivity index is 2.41. The molecule has 0 bridgehead atoms. The van der Waals surface area contributed by atoms with Gasteiger partial charge in [0.25, 0.3) is 0 Å². The number of halogens is 4. The number of hydrogen-bond acceptors (Lipinski definition) is 1. The third-order valence-corrected chi connectivity index (χ3v) is 5.65. The van der Waals surface area contributed by atoms with Gasteiger partial charge in [0, 0.05) is 11.6 Å². The van der Waals surface area contributed by atoms with Crippen LogP contribution in [-0.4, -0.2) is 4.57 Å². The molecular weight excluding hydrogens is 447 g/mol. The number of nitrogens with zero attached hydrogens (tertiary/aromatic N) is 2. The Hall–Kier alpha value is -0.280. The van der Waals surface area contributed by atoms with Crippen LogP contribution in [-0.2, 0) is 6.54 Å². The van der Waals surface area contributed by atoms with E-state index in [1.807, 2.05) is 28.8 Å². The summed E-state index contributed by atoms with van der Waals surface area (Å²) in [6.07, 6.45) is 0. The van der Waals surface area contributed by atoms with Gasteiger partial charge in [-0.15, -0.1) is 0 Å². The van der Waals surface area contributed by atoms with Crippen LogP contribution in [0.15, 0.2) is 37.9 Å². The van der Waals surface area contributed by atoms with Gasteiger partial charge < -0.3 is 4.57 Å². The van der Waals surface area contributed by atoms with Gasteiger partial charge in [0.2, 0.25) is 0 Å². The molecule has 0 aliphatic heterocycles. The molecule has 18 heavy (non-hydrogen) atoms. The molecule has 2 rings (SSSR count). The van der Waals surface area contributed by atoms with Gasteiger partial charge in [0.05, 0.1) is 10.0 Å². The summed E-state index contributed by atoms with van der Waals surface area (Å²) in [6.45, 7) is 0.651. The highest BCUT2D eigenvalue weighted by atomic mass is 79.9. The van der Waals surface area contributed by atoms with Gasteiger partial charge in [-0.25, -0.2) is 0 Å². The number of hydrogen-bond donors (Lipinski definition) is 0. The summed E-state index contributed by atoms with van der Waals surface area (Å²) >= 11 is 16.2. The Morgan fingerprint density at radius 1 is 1.11 bits per heavy atom. The standard InChI is InChI=1S/C12H6Br3ClN2/c13-10-9(5-17)11(14)18(12(10)15)6-7-1-3-8(16)4-2-7/h1-4H,6H2. The van der Waals surface area contributed by atoms with Gasteiger partial charge in [0.1, 0.15) is 15.3 Å². The average molecular weight is 453 g/mol. The molecule has 0 aliphatic carbocycles. The first-order valence-electron chi connectivity index (χ1n) is 4.92. The molecule has 0 saturated carbocycles. The lowest BCUT2D eigenvalue weighted by Gasteiger charge is -2.07. The molecule has 0 atom stereocenters. The van der Waals surface area contributed by atoms with Gasteiger partial charge in [-0.1, -0.05) is 23.7 Å². The third kappa shape index (κ3) is 2.67. The second kappa shape index (κ2) is 5.79. The van der Waals surface area contributed by atoms with E-state index in [1.165, 1.54) is 0 Å². The summed E-state index contributed by atoms with van der Waals surface area (Å²) in [5, 5.41) is 9.79. The average Bonchev–Trinajstić information content (AvgIpc) is 2.56. The molecule has 1 heterocycles. The topological polar surface area (TPSA) is 28.7 Å². The molecule has 2 aromatic rings. The molecule has 0 radical (unpaired) electrons. The molecule has 2 nitrogen and oxygen atoms in total. The lowest BCUT2D eigenvalue weighted by molar-refractivity contribution is 0.767. The van der Waals surface area contributed by atoms with Crippen molar-refractivity contribution in [3.63, 3.8) is 0 Å². The second-order valence-corrected chi connectivity index (χ2v) is 6.33. The van der Waals surface area contributed by atoms with Gasteiger partial charge in [-0.2, -0.15) is 5.26 Å². The van der Waals surface area contributed by atoms with Crippen LogP contribution in [0.5, 0.6) is 0 Å². The third-order valence-electron chi connectivity index (χ3n) is 2.45. The van der Waals surface area contributed by atoms with E-state index in [0.717, 1.165) is 19.2 Å². The minimum absolute atomic E-state index is 0.579. The summed E-state index contributed by atoms with van der Waals surface area (Å²) in [7, 11) is 0. The molecule has 0 spiro atoms. The van der Waals surface area contributed by atoms with Crippen molar-refractivity contribution in [3.05, 3.63) is 54.1 Å². The highest BCUT2D eigenvalue weighted by Crippen LogP contribution is 2.35. The van der Waals surface area contributed by atoms with Crippen molar-refractivity contribution in [3.8, 4) is 6.07 Å². The molecule has 0 saturated heterocycles. The highest BCUT2D eigenvalue weighted by Gasteiger charge is 2.17. The lowest BCUT2D eigenvalue weighted by Crippen LogP contribution is -2.00. The highest BCUT2D eigenvalue weighted by molar-refractivity contribution is 9.13. The summed E-state index contributed by atoms with van der Waals surface area (Å²) in [4.78, 5) is 0. The summed E-state index contributed by atoms with van der Waals surface area (Å²) in [6, 6.07) is 9.77. The van der Waals surface area contributed by atoms with Crippen LogP contribution in [0.2, 0.25) is 5.02 Å². The van der Waals surface area contributed by atoms with Gasteiger partial charge >= 0.3 is 0 Å². The van der Waals surface area contributed by atoms with Crippen molar-refractivity contribution < 1.29 is 0 Å². The maximum absolute atomic E-state index is 9.08. The van der Waals surface area contributed by atoms with E-state index in [1.54, 1.807) is 0 Å². The normalized spacial score (nSPS) is 10.4. The van der Waals surface area contributed by atoms with E-state index in [-0.39, 0.29) is 0 Å². The van der Waals surface area contributed by atoms with E-state index in [9.17, 15) is 0 Å². The number of aromatic nitrogens is 1. The van der Waals surface area contributed by atoms with Crippen LogP contribution >= 0.6 is 59.4 Å². The second-order valence-electron chi connectivity index (χ2n) is 3.60. The SMILES string of the molecule is N#Cc1c(Br)c(Br)n(Cc2ccc(Cl)cc2)c1Br. The smallest absolute Gasteiger partial charge is 0.105 e. The van der Waals surface area contributed by atoms with Crippen LogP contribution in [0, 0.1) is 11.3 Å². The van der Waals surface area contributed by atoms with Gasteiger partial charge in [-0.3, -0.25) is 0 Å². The Bertz CT molecular complexity index is 626. The van der Waals surface area contributed by atoms with E-state index < -0.39 is 0 Å². The summed E-state index contributed by atoms with van der Waals surface area (Å²) < 4.78 is 4.30. The molecule has 0 fully saturated rings. The lowest BCUT2D eigenvalue weighted by atomic mass is 10.2. The largest absolute Gasteiger partial charge is 0.323 e. The van der Waals surface area contributed by atoms with Crippen molar-refractivity contribution in [1.29, 1.82) is 5.26 Å². The Labute approximate surface area is 135 Å². The van der Waals surface area contributed by atoms with Crippen molar-refractivity contribution >= 4 is 59.4 Å². The van der Waals surface area contributed by atoms with Crippen molar-refractivity contribution in [2.24, 2.45) is 0 Å².